The van der Waals surface area contributed by atoms with Crippen molar-refractivity contribution < 1.29 is 14.0 Å². The van der Waals surface area contributed by atoms with Crippen LogP contribution in [-0.2, 0) is 4.79 Å². The number of nitrogens with one attached hydrogen (secondary N) is 3. The van der Waals surface area contributed by atoms with Gasteiger partial charge >= 0.3 is 6.03 Å². The SMILES string of the molecule is O=C(CSc1nc2ccccc2[nH]1)NC(=O)Nc1ccccc1F. The summed E-state index contributed by atoms with van der Waals surface area (Å²) in [6, 6.07) is 12.4. The highest BCUT2D eigenvalue weighted by Gasteiger charge is 2.11. The van der Waals surface area contributed by atoms with Gasteiger partial charge < -0.3 is 10.3 Å². The number of rotatable bonds is 4. The van der Waals surface area contributed by atoms with Gasteiger partial charge in [0.1, 0.15) is 5.82 Å². The number of hydrogen-bond acceptors (Lipinski definition) is 4. The van der Waals surface area contributed by atoms with Crippen molar-refractivity contribution in [3.05, 3.63) is 54.3 Å². The summed E-state index contributed by atoms with van der Waals surface area (Å²) in [6.45, 7) is 0. The van der Waals surface area contributed by atoms with Crippen LogP contribution in [0.25, 0.3) is 11.0 Å². The first-order valence-electron chi connectivity index (χ1n) is 7.05. The van der Waals surface area contributed by atoms with Crippen LogP contribution in [0.1, 0.15) is 0 Å². The zero-order chi connectivity index (χ0) is 16.9. The first-order chi connectivity index (χ1) is 11.6. The zero-order valence-electron chi connectivity index (χ0n) is 12.4. The van der Waals surface area contributed by atoms with Crippen LogP contribution in [0.5, 0.6) is 0 Å². The molecule has 0 fully saturated rings. The van der Waals surface area contributed by atoms with E-state index in [9.17, 15) is 14.0 Å². The third kappa shape index (κ3) is 3.90. The second-order valence-corrected chi connectivity index (χ2v) is 5.79. The Hall–Kier alpha value is -2.87. The minimum absolute atomic E-state index is 0.00448. The summed E-state index contributed by atoms with van der Waals surface area (Å²) in [5, 5.41) is 5.01. The fourth-order valence-electron chi connectivity index (χ4n) is 2.01. The number of hydrogen-bond donors (Lipinski definition) is 3. The lowest BCUT2D eigenvalue weighted by Gasteiger charge is -2.06. The number of anilines is 1. The van der Waals surface area contributed by atoms with Crippen LogP contribution in [0.4, 0.5) is 14.9 Å². The number of thioether (sulfide) groups is 1. The number of carbonyl (C=O) groups is 2. The van der Waals surface area contributed by atoms with Crippen molar-refractivity contribution in [2.45, 2.75) is 5.16 Å². The number of halogens is 1. The van der Waals surface area contributed by atoms with Crippen LogP contribution < -0.4 is 10.6 Å². The number of benzene rings is 2. The van der Waals surface area contributed by atoms with Crippen LogP contribution in [-0.4, -0.2) is 27.7 Å². The molecule has 0 aliphatic carbocycles. The first kappa shape index (κ1) is 16.0. The minimum atomic E-state index is -0.782. The molecule has 8 heteroatoms. The molecule has 0 saturated carbocycles. The van der Waals surface area contributed by atoms with Crippen molar-refractivity contribution in [1.82, 2.24) is 15.3 Å². The molecule has 2 aromatic carbocycles. The van der Waals surface area contributed by atoms with Crippen LogP contribution in [0.3, 0.4) is 0 Å². The number of H-pyrrole nitrogens is 1. The quantitative estimate of drug-likeness (QED) is 0.635. The van der Waals surface area contributed by atoms with E-state index in [0.717, 1.165) is 11.0 Å². The maximum atomic E-state index is 13.4. The van der Waals surface area contributed by atoms with E-state index < -0.39 is 17.8 Å². The van der Waals surface area contributed by atoms with E-state index in [4.69, 9.17) is 0 Å². The summed E-state index contributed by atoms with van der Waals surface area (Å²) in [5.41, 5.74) is 1.68. The van der Waals surface area contributed by atoms with E-state index in [1.165, 1.54) is 30.0 Å². The molecule has 0 unspecified atom stereocenters. The maximum Gasteiger partial charge on any atom is 0.325 e. The van der Waals surface area contributed by atoms with Gasteiger partial charge in [-0.25, -0.2) is 14.2 Å². The monoisotopic (exact) mass is 344 g/mol. The van der Waals surface area contributed by atoms with Gasteiger partial charge in [0.2, 0.25) is 5.91 Å². The lowest BCUT2D eigenvalue weighted by atomic mass is 10.3. The van der Waals surface area contributed by atoms with Crippen molar-refractivity contribution in [3.63, 3.8) is 0 Å². The molecule has 0 aliphatic heterocycles. The van der Waals surface area contributed by atoms with E-state index in [1.807, 2.05) is 24.3 Å². The normalized spacial score (nSPS) is 10.5. The summed E-state index contributed by atoms with van der Waals surface area (Å²) >= 11 is 1.17. The zero-order valence-corrected chi connectivity index (χ0v) is 13.2. The molecule has 0 aliphatic rings. The molecule has 122 valence electrons. The van der Waals surface area contributed by atoms with Crippen LogP contribution in [0.15, 0.2) is 53.7 Å². The van der Waals surface area contributed by atoms with Crippen molar-refractivity contribution in [2.75, 3.05) is 11.1 Å². The molecule has 6 nitrogen and oxygen atoms in total. The Kier molecular flexibility index (Phi) is 4.76. The molecule has 3 rings (SSSR count). The minimum Gasteiger partial charge on any atom is -0.333 e. The van der Waals surface area contributed by atoms with Crippen molar-refractivity contribution >= 4 is 40.4 Å². The van der Waals surface area contributed by atoms with Gasteiger partial charge in [-0.05, 0) is 24.3 Å². The number of amides is 3. The van der Waals surface area contributed by atoms with E-state index in [0.29, 0.717) is 5.16 Å². The Morgan fingerprint density at radius 3 is 2.67 bits per heavy atom. The topological polar surface area (TPSA) is 86.9 Å². The fraction of sp³-hybridized carbons (Fsp3) is 0.0625. The van der Waals surface area contributed by atoms with Gasteiger partial charge in [-0.15, -0.1) is 0 Å². The third-order valence-corrected chi connectivity index (χ3v) is 3.96. The van der Waals surface area contributed by atoms with Crippen molar-refractivity contribution in [2.24, 2.45) is 0 Å². The van der Waals surface area contributed by atoms with E-state index >= 15 is 0 Å². The number of nitrogens with zero attached hydrogens (tertiary/aromatic N) is 1. The Bertz CT molecular complexity index is 863. The third-order valence-electron chi connectivity index (χ3n) is 3.08. The summed E-state index contributed by atoms with van der Waals surface area (Å²) in [4.78, 5) is 30.9. The van der Waals surface area contributed by atoms with Gasteiger partial charge in [0.25, 0.3) is 0 Å². The van der Waals surface area contributed by atoms with Gasteiger partial charge in [0.05, 0.1) is 22.5 Å². The van der Waals surface area contributed by atoms with Gasteiger partial charge in [-0.3, -0.25) is 10.1 Å². The molecular weight excluding hydrogens is 331 g/mol. The summed E-state index contributed by atoms with van der Waals surface area (Å²) in [7, 11) is 0. The number of para-hydroxylation sites is 3. The van der Waals surface area contributed by atoms with Gasteiger partial charge in [0, 0.05) is 0 Å². The highest BCUT2D eigenvalue weighted by Crippen LogP contribution is 2.18. The number of urea groups is 1. The second-order valence-electron chi connectivity index (χ2n) is 4.83. The predicted molar refractivity (Wildman–Crippen MR) is 90.4 cm³/mol. The smallest absolute Gasteiger partial charge is 0.325 e. The lowest BCUT2D eigenvalue weighted by Crippen LogP contribution is -2.35. The Labute approximate surface area is 140 Å². The molecule has 0 atom stereocenters. The van der Waals surface area contributed by atoms with Crippen molar-refractivity contribution in [1.29, 1.82) is 0 Å². The van der Waals surface area contributed by atoms with Crippen LogP contribution in [0.2, 0.25) is 0 Å². The van der Waals surface area contributed by atoms with E-state index in [2.05, 4.69) is 20.6 Å². The van der Waals surface area contributed by atoms with Crippen LogP contribution in [0, 0.1) is 5.82 Å². The molecule has 1 aromatic heterocycles. The molecule has 1 heterocycles. The van der Waals surface area contributed by atoms with Crippen LogP contribution >= 0.6 is 11.8 Å². The number of fused-ring (bicyclic) bond motifs is 1. The molecule has 0 saturated heterocycles. The Morgan fingerprint density at radius 1 is 1.12 bits per heavy atom. The van der Waals surface area contributed by atoms with E-state index in [-0.39, 0.29) is 11.4 Å². The molecular formula is C16H13FN4O2S. The van der Waals surface area contributed by atoms with Gasteiger partial charge in [-0.2, -0.15) is 0 Å². The molecule has 0 spiro atoms. The molecule has 3 aromatic rings. The van der Waals surface area contributed by atoms with Crippen molar-refractivity contribution in [3.8, 4) is 0 Å². The predicted octanol–water partition coefficient (Wildman–Crippen LogP) is 3.14. The largest absolute Gasteiger partial charge is 0.333 e. The maximum absolute atomic E-state index is 13.4. The number of aromatic amines is 1. The number of imidazole rings is 1. The average Bonchev–Trinajstić information content (AvgIpc) is 2.98. The van der Waals surface area contributed by atoms with E-state index in [1.54, 1.807) is 6.07 Å². The Morgan fingerprint density at radius 2 is 1.88 bits per heavy atom. The molecule has 24 heavy (non-hydrogen) atoms. The van der Waals surface area contributed by atoms with Gasteiger partial charge in [-0.1, -0.05) is 36.0 Å². The fourth-order valence-corrected chi connectivity index (χ4v) is 2.70. The highest BCUT2D eigenvalue weighted by atomic mass is 32.2. The molecule has 3 amide bonds. The number of carbonyl (C=O) groups excluding carboxylic acids is 2. The molecule has 3 N–H and O–H groups in total. The highest BCUT2D eigenvalue weighted by molar-refractivity contribution is 7.99. The lowest BCUT2D eigenvalue weighted by molar-refractivity contribution is -0.117. The summed E-state index contributed by atoms with van der Waals surface area (Å²) in [5.74, 6) is -1.07. The summed E-state index contributed by atoms with van der Waals surface area (Å²) in [6.07, 6.45) is 0. The summed E-state index contributed by atoms with van der Waals surface area (Å²) < 4.78 is 13.4. The number of aromatic nitrogens is 2. The average molecular weight is 344 g/mol. The second kappa shape index (κ2) is 7.14. The first-order valence-corrected chi connectivity index (χ1v) is 8.03. The Balaban J connectivity index is 1.52. The van der Waals surface area contributed by atoms with Gasteiger partial charge in [0.15, 0.2) is 5.16 Å². The molecule has 0 bridgehead atoms. The molecule has 0 radical (unpaired) electrons. The standard InChI is InChI=1S/C16H13FN4O2S/c17-10-5-1-2-6-11(10)18-15(23)21-14(22)9-24-16-19-12-7-3-4-8-13(12)20-16/h1-8H,9H2,(H,19,20)(H2,18,21,22,23). The number of imide groups is 1.